The predicted octanol–water partition coefficient (Wildman–Crippen LogP) is 0.741. The Labute approximate surface area is 139 Å². The Hall–Kier alpha value is -2.58. The smallest absolute Gasteiger partial charge is 0.326 e. The van der Waals surface area contributed by atoms with Crippen LogP contribution < -0.4 is 14.8 Å². The van der Waals surface area contributed by atoms with Crippen molar-refractivity contribution in [2.45, 2.75) is 6.42 Å². The van der Waals surface area contributed by atoms with Crippen LogP contribution in [0, 0.1) is 0 Å². The fraction of sp³-hybridized carbons (Fsp3) is 0.188. The Kier molecular flexibility index (Phi) is 4.16. The maximum atomic E-state index is 12.0. The number of nitrogens with one attached hydrogen (secondary N) is 1. The molecule has 1 aliphatic heterocycles. The number of phenolic OH excluding ortho intramolecular Hbond substituents is 1. The van der Waals surface area contributed by atoms with Crippen LogP contribution >= 0.6 is 0 Å². The summed E-state index contributed by atoms with van der Waals surface area (Å²) in [4.78, 5) is 11.4. The minimum Gasteiger partial charge on any atom is -0.506 e. The highest BCUT2D eigenvalue weighted by Crippen LogP contribution is 2.35. The van der Waals surface area contributed by atoms with Gasteiger partial charge in [0.05, 0.1) is 5.69 Å². The van der Waals surface area contributed by atoms with Crippen LogP contribution in [0.2, 0.25) is 0 Å². The van der Waals surface area contributed by atoms with E-state index in [2.05, 4.69) is 0 Å². The van der Waals surface area contributed by atoms with Gasteiger partial charge in [0.15, 0.2) is 0 Å². The van der Waals surface area contributed by atoms with Gasteiger partial charge in [-0.1, -0.05) is 30.3 Å². The highest BCUT2D eigenvalue weighted by molar-refractivity contribution is 7.92. The molecule has 0 bridgehead atoms. The van der Waals surface area contributed by atoms with Crippen LogP contribution in [0.4, 0.5) is 5.69 Å². The second kappa shape index (κ2) is 6.14. The molecular formula is C16H17N3O4S. The summed E-state index contributed by atoms with van der Waals surface area (Å²) in [5, 5.41) is 10.0. The van der Waals surface area contributed by atoms with Crippen molar-refractivity contribution < 1.29 is 18.3 Å². The van der Waals surface area contributed by atoms with Crippen molar-refractivity contribution in [2.75, 3.05) is 17.4 Å². The zero-order chi connectivity index (χ0) is 17.3. The van der Waals surface area contributed by atoms with Crippen molar-refractivity contribution in [3.63, 3.8) is 0 Å². The van der Waals surface area contributed by atoms with Gasteiger partial charge in [-0.15, -0.1) is 0 Å². The van der Waals surface area contributed by atoms with E-state index >= 15 is 0 Å². The molecule has 126 valence electrons. The lowest BCUT2D eigenvalue weighted by atomic mass is 10.0. The number of hydrogen-bond donors (Lipinski definition) is 3. The highest BCUT2D eigenvalue weighted by Gasteiger charge is 2.35. The summed E-state index contributed by atoms with van der Waals surface area (Å²) >= 11 is 0. The topological polar surface area (TPSA) is 113 Å². The molecule has 8 heteroatoms. The molecule has 0 aliphatic carbocycles. The molecule has 1 aliphatic rings. The lowest BCUT2D eigenvalue weighted by Crippen LogP contribution is -2.29. The van der Waals surface area contributed by atoms with Gasteiger partial charge in [0.1, 0.15) is 12.3 Å². The number of benzene rings is 2. The fourth-order valence-corrected chi connectivity index (χ4v) is 3.79. The average Bonchev–Trinajstić information content (AvgIpc) is 2.81. The molecule has 1 fully saturated rings. The number of nitrogens with two attached hydrogens (primary N) is 1. The first-order valence-corrected chi connectivity index (χ1v) is 8.80. The van der Waals surface area contributed by atoms with Crippen molar-refractivity contribution in [1.29, 1.82) is 0 Å². The molecule has 24 heavy (non-hydrogen) atoms. The van der Waals surface area contributed by atoms with Crippen LogP contribution in [-0.2, 0) is 21.4 Å². The molecule has 0 radical (unpaired) electrons. The van der Waals surface area contributed by atoms with E-state index in [0.29, 0.717) is 6.54 Å². The first kappa shape index (κ1) is 16.3. The van der Waals surface area contributed by atoms with E-state index in [0.717, 1.165) is 27.4 Å². The van der Waals surface area contributed by atoms with Crippen LogP contribution in [0.25, 0.3) is 11.1 Å². The van der Waals surface area contributed by atoms with Gasteiger partial charge >= 0.3 is 10.2 Å². The summed E-state index contributed by atoms with van der Waals surface area (Å²) in [6.07, 6.45) is 0.734. The second-order valence-electron chi connectivity index (χ2n) is 5.48. The van der Waals surface area contributed by atoms with Crippen molar-refractivity contribution in [3.8, 4) is 16.9 Å². The molecule has 0 spiro atoms. The van der Waals surface area contributed by atoms with Gasteiger partial charge in [-0.05, 0) is 41.8 Å². The largest absolute Gasteiger partial charge is 0.506 e. The first-order chi connectivity index (χ1) is 11.4. The molecule has 4 N–H and O–H groups in total. The maximum absolute atomic E-state index is 12.0. The number of aromatic hydroxyl groups is 1. The number of nitrogens with zero attached hydrogens (tertiary/aromatic N) is 1. The monoisotopic (exact) mass is 347 g/mol. The predicted molar refractivity (Wildman–Crippen MR) is 90.7 cm³/mol. The molecule has 1 amide bonds. The number of hydrogen-bond acceptors (Lipinski definition) is 5. The number of rotatable bonds is 4. The van der Waals surface area contributed by atoms with E-state index in [9.17, 15) is 18.3 Å². The molecular weight excluding hydrogens is 330 g/mol. The zero-order valence-electron chi connectivity index (χ0n) is 12.8. The molecule has 1 saturated heterocycles. The van der Waals surface area contributed by atoms with E-state index in [1.165, 1.54) is 6.07 Å². The first-order valence-electron chi connectivity index (χ1n) is 7.36. The number of anilines is 1. The summed E-state index contributed by atoms with van der Waals surface area (Å²) in [5.41, 5.74) is 8.31. The zero-order valence-corrected chi connectivity index (χ0v) is 13.6. The second-order valence-corrected chi connectivity index (χ2v) is 7.07. The van der Waals surface area contributed by atoms with Crippen LogP contribution in [0.5, 0.6) is 5.75 Å². The van der Waals surface area contributed by atoms with Gasteiger partial charge in [0.2, 0.25) is 0 Å². The Morgan fingerprint density at radius 3 is 2.58 bits per heavy atom. The van der Waals surface area contributed by atoms with Gasteiger partial charge < -0.3 is 10.8 Å². The highest BCUT2D eigenvalue weighted by atomic mass is 32.2. The Bertz CT molecular complexity index is 896. The molecule has 3 rings (SSSR count). The van der Waals surface area contributed by atoms with Gasteiger partial charge in [0.25, 0.3) is 5.91 Å². The van der Waals surface area contributed by atoms with Gasteiger partial charge in [-0.2, -0.15) is 8.42 Å². The van der Waals surface area contributed by atoms with Crippen molar-refractivity contribution in [1.82, 2.24) is 4.72 Å². The number of amides is 1. The molecule has 7 nitrogen and oxygen atoms in total. The Balaban J connectivity index is 2.04. The van der Waals surface area contributed by atoms with Crippen molar-refractivity contribution in [3.05, 3.63) is 48.0 Å². The molecule has 0 atom stereocenters. The minimum absolute atomic E-state index is 0.0649. The fourth-order valence-electron chi connectivity index (χ4n) is 2.64. The van der Waals surface area contributed by atoms with E-state index in [1.807, 2.05) is 29.0 Å². The minimum atomic E-state index is -3.97. The summed E-state index contributed by atoms with van der Waals surface area (Å²) in [5.74, 6) is -0.846. The number of carbonyl (C=O) groups excluding carboxylic acids is 1. The van der Waals surface area contributed by atoms with Gasteiger partial charge in [-0.25, -0.2) is 9.03 Å². The molecule has 2 aromatic rings. The Morgan fingerprint density at radius 2 is 1.92 bits per heavy atom. The van der Waals surface area contributed by atoms with Crippen LogP contribution in [0.1, 0.15) is 5.56 Å². The van der Waals surface area contributed by atoms with E-state index in [4.69, 9.17) is 5.73 Å². The summed E-state index contributed by atoms with van der Waals surface area (Å²) in [7, 11) is -3.97. The molecule has 2 aromatic carbocycles. The molecule has 0 unspecified atom stereocenters. The third-order valence-electron chi connectivity index (χ3n) is 3.76. The van der Waals surface area contributed by atoms with E-state index in [1.54, 1.807) is 12.1 Å². The van der Waals surface area contributed by atoms with Crippen LogP contribution in [0.3, 0.4) is 0 Å². The maximum Gasteiger partial charge on any atom is 0.326 e. The SMILES string of the molecule is NCCc1cccc(-c2ccc(O)c(N3CC(=O)NS3(=O)=O)c2)c1. The van der Waals surface area contributed by atoms with Crippen LogP contribution in [-0.4, -0.2) is 32.5 Å². The molecule has 1 heterocycles. The normalized spacial score (nSPS) is 16.2. The number of phenols is 1. The summed E-state index contributed by atoms with van der Waals surface area (Å²) < 4.78 is 26.7. The summed E-state index contributed by atoms with van der Waals surface area (Å²) in [6, 6.07) is 12.4. The lowest BCUT2D eigenvalue weighted by molar-refractivity contribution is -0.117. The Morgan fingerprint density at radius 1 is 1.17 bits per heavy atom. The van der Waals surface area contributed by atoms with Gasteiger partial charge in [-0.3, -0.25) is 4.79 Å². The van der Waals surface area contributed by atoms with Crippen molar-refractivity contribution in [2.24, 2.45) is 5.73 Å². The quantitative estimate of drug-likeness (QED) is 0.755. The van der Waals surface area contributed by atoms with Crippen molar-refractivity contribution >= 4 is 21.8 Å². The van der Waals surface area contributed by atoms with Crippen LogP contribution in [0.15, 0.2) is 42.5 Å². The molecule has 0 saturated carbocycles. The van der Waals surface area contributed by atoms with E-state index < -0.39 is 16.1 Å². The van der Waals surface area contributed by atoms with Gasteiger partial charge in [0, 0.05) is 0 Å². The third kappa shape index (κ3) is 3.06. The average molecular weight is 347 g/mol. The lowest BCUT2D eigenvalue weighted by Gasteiger charge is -2.17. The molecule has 0 aromatic heterocycles. The van der Waals surface area contributed by atoms with E-state index in [-0.39, 0.29) is 18.0 Å². The summed E-state index contributed by atoms with van der Waals surface area (Å²) in [6.45, 7) is 0.177. The third-order valence-corrected chi connectivity index (χ3v) is 5.15. The number of carbonyl (C=O) groups is 1. The standard InChI is InChI=1S/C16H17N3O4S/c17-7-6-11-2-1-3-12(8-11)13-4-5-15(20)14(9-13)19-10-16(21)18-24(19,22)23/h1-5,8-9,20H,6-7,10,17H2,(H,18,21).